The van der Waals surface area contributed by atoms with Crippen LogP contribution in [0.3, 0.4) is 0 Å². The largest absolute Gasteiger partial charge is 0.377 e. The van der Waals surface area contributed by atoms with Crippen molar-refractivity contribution in [3.05, 3.63) is 51.7 Å². The van der Waals surface area contributed by atoms with Crippen molar-refractivity contribution in [1.29, 1.82) is 0 Å². The number of hydrogen-bond acceptors (Lipinski definition) is 5. The normalized spacial score (nSPS) is 18.9. The zero-order chi connectivity index (χ0) is 21.1. The summed E-state index contributed by atoms with van der Waals surface area (Å²) in [6.45, 7) is 0.722. The van der Waals surface area contributed by atoms with Crippen LogP contribution in [0.25, 0.3) is 10.9 Å². The Morgan fingerprint density at radius 1 is 1.17 bits per heavy atom. The van der Waals surface area contributed by atoms with Gasteiger partial charge in [-0.15, -0.1) is 11.3 Å². The number of rotatable bonds is 6. The summed E-state index contributed by atoms with van der Waals surface area (Å²) in [6, 6.07) is 14.4. The van der Waals surface area contributed by atoms with Gasteiger partial charge in [-0.25, -0.2) is 4.98 Å². The van der Waals surface area contributed by atoms with Gasteiger partial charge in [-0.1, -0.05) is 29.8 Å². The Hall–Kier alpha value is -2.31. The van der Waals surface area contributed by atoms with Crippen LogP contribution in [-0.2, 0) is 0 Å². The van der Waals surface area contributed by atoms with Gasteiger partial charge >= 0.3 is 0 Å². The van der Waals surface area contributed by atoms with Crippen LogP contribution in [0.5, 0.6) is 0 Å². The molecule has 1 amide bonds. The molecule has 3 aromatic rings. The summed E-state index contributed by atoms with van der Waals surface area (Å²) in [5, 5.41) is 7.87. The number of pyridine rings is 1. The summed E-state index contributed by atoms with van der Waals surface area (Å²) in [5.41, 5.74) is 2.18. The molecule has 0 radical (unpaired) electrons. The highest BCUT2D eigenvalue weighted by molar-refractivity contribution is 7.17. The number of aromatic nitrogens is 1. The lowest BCUT2D eigenvalue weighted by molar-refractivity contribution is 0.0947. The Kier molecular flexibility index (Phi) is 6.44. The maximum atomic E-state index is 12.2. The van der Waals surface area contributed by atoms with Crippen molar-refractivity contribution < 1.29 is 4.79 Å². The van der Waals surface area contributed by atoms with E-state index in [0.717, 1.165) is 43.6 Å². The Bertz CT molecular complexity index is 1030. The minimum absolute atomic E-state index is 0.0243. The third kappa shape index (κ3) is 4.87. The van der Waals surface area contributed by atoms with Gasteiger partial charge in [0.1, 0.15) is 5.82 Å². The SMILES string of the molecule is CN(C)c1cc(NC2CCC(CNC(=O)c3ccc(Cl)s3)CC2)nc2ccccc12. The van der Waals surface area contributed by atoms with E-state index in [1.165, 1.54) is 22.4 Å². The van der Waals surface area contributed by atoms with Crippen LogP contribution < -0.4 is 15.5 Å². The van der Waals surface area contributed by atoms with Gasteiger partial charge in [-0.05, 0) is 49.8 Å². The van der Waals surface area contributed by atoms with Gasteiger partial charge in [0, 0.05) is 43.8 Å². The van der Waals surface area contributed by atoms with Crippen molar-refractivity contribution in [3.8, 4) is 0 Å². The zero-order valence-electron chi connectivity index (χ0n) is 17.3. The molecule has 1 aliphatic rings. The summed E-state index contributed by atoms with van der Waals surface area (Å²) < 4.78 is 0.645. The number of nitrogens with one attached hydrogen (secondary N) is 2. The Morgan fingerprint density at radius 3 is 2.63 bits per heavy atom. The average molecular weight is 443 g/mol. The Morgan fingerprint density at radius 2 is 1.93 bits per heavy atom. The summed E-state index contributed by atoms with van der Waals surface area (Å²) in [7, 11) is 4.13. The van der Waals surface area contributed by atoms with Crippen molar-refractivity contribution in [2.45, 2.75) is 31.7 Å². The summed E-state index contributed by atoms with van der Waals surface area (Å²) >= 11 is 7.24. The van der Waals surface area contributed by atoms with Crippen LogP contribution in [-0.4, -0.2) is 37.6 Å². The number of thiophene rings is 1. The molecule has 158 valence electrons. The lowest BCUT2D eigenvalue weighted by Crippen LogP contribution is -2.33. The zero-order valence-corrected chi connectivity index (χ0v) is 18.9. The fraction of sp³-hybridized carbons (Fsp3) is 0.391. The summed E-state index contributed by atoms with van der Waals surface area (Å²) in [6.07, 6.45) is 4.35. The lowest BCUT2D eigenvalue weighted by Gasteiger charge is -2.30. The van der Waals surface area contributed by atoms with Crippen molar-refractivity contribution >= 4 is 51.3 Å². The Balaban J connectivity index is 1.32. The number of halogens is 1. The highest BCUT2D eigenvalue weighted by atomic mass is 35.5. The van der Waals surface area contributed by atoms with Crippen molar-refractivity contribution in [3.63, 3.8) is 0 Å². The minimum Gasteiger partial charge on any atom is -0.377 e. The van der Waals surface area contributed by atoms with E-state index in [4.69, 9.17) is 16.6 Å². The number of carbonyl (C=O) groups excluding carboxylic acids is 1. The molecular formula is C23H27ClN4OS. The van der Waals surface area contributed by atoms with Crippen LogP contribution in [0.4, 0.5) is 11.5 Å². The molecule has 2 aromatic heterocycles. The molecule has 1 aromatic carbocycles. The first-order chi connectivity index (χ1) is 14.5. The fourth-order valence-electron chi connectivity index (χ4n) is 4.08. The molecule has 1 saturated carbocycles. The summed E-state index contributed by atoms with van der Waals surface area (Å²) in [5.74, 6) is 1.43. The number of carbonyl (C=O) groups is 1. The van der Waals surface area contributed by atoms with Crippen LogP contribution >= 0.6 is 22.9 Å². The van der Waals surface area contributed by atoms with E-state index in [9.17, 15) is 4.79 Å². The van der Waals surface area contributed by atoms with Crippen molar-refractivity contribution in [1.82, 2.24) is 10.3 Å². The molecule has 1 aliphatic carbocycles. The third-order valence-corrected chi connectivity index (χ3v) is 6.95. The van der Waals surface area contributed by atoms with Gasteiger partial charge in [-0.2, -0.15) is 0 Å². The number of fused-ring (bicyclic) bond motifs is 1. The molecular weight excluding hydrogens is 416 g/mol. The molecule has 4 rings (SSSR count). The van der Waals surface area contributed by atoms with Crippen LogP contribution in [0.1, 0.15) is 35.4 Å². The van der Waals surface area contributed by atoms with Crippen LogP contribution in [0.15, 0.2) is 42.5 Å². The number of amides is 1. The molecule has 30 heavy (non-hydrogen) atoms. The number of hydrogen-bond donors (Lipinski definition) is 2. The Labute approximate surface area is 186 Å². The molecule has 2 heterocycles. The predicted molar refractivity (Wildman–Crippen MR) is 127 cm³/mol. The van der Waals surface area contributed by atoms with Gasteiger partial charge in [0.15, 0.2) is 0 Å². The third-order valence-electron chi connectivity index (χ3n) is 5.72. The topological polar surface area (TPSA) is 57.3 Å². The molecule has 5 nitrogen and oxygen atoms in total. The number of nitrogens with zero attached hydrogens (tertiary/aromatic N) is 2. The minimum atomic E-state index is -0.0243. The number of anilines is 2. The molecule has 0 unspecified atom stereocenters. The van der Waals surface area contributed by atoms with Gasteiger partial charge in [-0.3, -0.25) is 4.79 Å². The highest BCUT2D eigenvalue weighted by Crippen LogP contribution is 2.30. The quantitative estimate of drug-likeness (QED) is 0.535. The van der Waals surface area contributed by atoms with E-state index in [0.29, 0.717) is 21.2 Å². The maximum Gasteiger partial charge on any atom is 0.261 e. The fourth-order valence-corrected chi connectivity index (χ4v) is 5.04. The summed E-state index contributed by atoms with van der Waals surface area (Å²) in [4.78, 5) is 19.8. The van der Waals surface area contributed by atoms with Crippen LogP contribution in [0.2, 0.25) is 4.34 Å². The van der Waals surface area contributed by atoms with E-state index in [-0.39, 0.29) is 5.91 Å². The average Bonchev–Trinajstić information content (AvgIpc) is 3.19. The smallest absolute Gasteiger partial charge is 0.261 e. The first-order valence-corrected chi connectivity index (χ1v) is 11.6. The van der Waals surface area contributed by atoms with Crippen molar-refractivity contribution in [2.75, 3.05) is 30.9 Å². The van der Waals surface area contributed by atoms with Crippen LogP contribution in [0, 0.1) is 5.92 Å². The molecule has 0 bridgehead atoms. The molecule has 1 fully saturated rings. The second kappa shape index (κ2) is 9.23. The lowest BCUT2D eigenvalue weighted by atomic mass is 9.86. The molecule has 0 spiro atoms. The van der Waals surface area contributed by atoms with E-state index >= 15 is 0 Å². The second-order valence-corrected chi connectivity index (χ2v) is 9.83. The molecule has 0 atom stereocenters. The van der Waals surface area contributed by atoms with Gasteiger partial charge in [0.2, 0.25) is 0 Å². The molecule has 0 saturated heterocycles. The van der Waals surface area contributed by atoms with E-state index in [1.54, 1.807) is 12.1 Å². The molecule has 0 aliphatic heterocycles. The second-order valence-electron chi connectivity index (χ2n) is 8.11. The number of para-hydroxylation sites is 1. The monoisotopic (exact) mass is 442 g/mol. The molecule has 7 heteroatoms. The van der Waals surface area contributed by atoms with E-state index in [1.807, 2.05) is 6.07 Å². The van der Waals surface area contributed by atoms with E-state index in [2.05, 4.69) is 53.9 Å². The standard InChI is InChI=1S/C23H27ClN4OS/c1-28(2)19-13-22(27-18-6-4-3-5-17(18)19)26-16-9-7-15(8-10-16)14-25-23(29)20-11-12-21(24)30-20/h3-6,11-13,15-16H,7-10,14H2,1-2H3,(H,25,29)(H,26,27). The molecule has 2 N–H and O–H groups in total. The number of benzene rings is 1. The first-order valence-electron chi connectivity index (χ1n) is 10.4. The maximum absolute atomic E-state index is 12.2. The van der Waals surface area contributed by atoms with Gasteiger partial charge < -0.3 is 15.5 Å². The van der Waals surface area contributed by atoms with E-state index < -0.39 is 0 Å². The van der Waals surface area contributed by atoms with Gasteiger partial charge in [0.25, 0.3) is 5.91 Å². The predicted octanol–water partition coefficient (Wildman–Crippen LogP) is 5.42. The van der Waals surface area contributed by atoms with Gasteiger partial charge in [0.05, 0.1) is 14.7 Å². The highest BCUT2D eigenvalue weighted by Gasteiger charge is 2.22. The van der Waals surface area contributed by atoms with Crippen molar-refractivity contribution in [2.24, 2.45) is 5.92 Å². The first kappa shape index (κ1) is 20.9.